The van der Waals surface area contributed by atoms with E-state index >= 15 is 0 Å². The molecule has 1 spiro atoms. The van der Waals surface area contributed by atoms with Crippen LogP contribution in [0.5, 0.6) is 0 Å². The number of sulfone groups is 1. The zero-order chi connectivity index (χ0) is 24.8. The van der Waals surface area contributed by atoms with E-state index < -0.39 is 21.6 Å². The summed E-state index contributed by atoms with van der Waals surface area (Å²) in [4.78, 5) is 7.33. The highest BCUT2D eigenvalue weighted by atomic mass is 32.2. The van der Waals surface area contributed by atoms with E-state index in [1.165, 1.54) is 6.07 Å². The molecule has 2 aliphatic carbocycles. The minimum absolute atomic E-state index is 0.0346. The molecule has 0 radical (unpaired) electrons. The van der Waals surface area contributed by atoms with Gasteiger partial charge in [-0.05, 0) is 76.6 Å². The third kappa shape index (κ3) is 4.10. The molecule has 4 atom stereocenters. The van der Waals surface area contributed by atoms with E-state index in [1.54, 1.807) is 6.07 Å². The zero-order valence-electron chi connectivity index (χ0n) is 20.0. The number of likely N-dealkylation sites (tertiary alicyclic amines) is 1. The fraction of sp³-hybridized carbons (Fsp3) is 0.680. The summed E-state index contributed by atoms with van der Waals surface area (Å²) in [5.41, 5.74) is -0.261. The molecule has 0 bridgehead atoms. The van der Waals surface area contributed by atoms with Gasteiger partial charge >= 0.3 is 6.18 Å². The van der Waals surface area contributed by atoms with Gasteiger partial charge in [0.05, 0.1) is 17.1 Å². The van der Waals surface area contributed by atoms with Crippen molar-refractivity contribution in [2.24, 2.45) is 17.3 Å². The molecule has 0 N–H and O–H groups in total. The number of nitrogens with zero attached hydrogens (tertiary/aromatic N) is 4. The third-order valence-corrected chi connectivity index (χ3v) is 10.8. The maximum absolute atomic E-state index is 13.2. The number of halogens is 3. The maximum atomic E-state index is 13.2. The highest BCUT2D eigenvalue weighted by Crippen LogP contribution is 2.64. The van der Waals surface area contributed by atoms with Crippen LogP contribution >= 0.6 is 0 Å². The van der Waals surface area contributed by atoms with Crippen molar-refractivity contribution in [3.8, 4) is 11.4 Å². The van der Waals surface area contributed by atoms with E-state index in [0.29, 0.717) is 46.7 Å². The molecule has 6 rings (SSSR count). The first-order valence-electron chi connectivity index (χ1n) is 12.5. The first-order chi connectivity index (χ1) is 16.4. The van der Waals surface area contributed by atoms with Crippen LogP contribution < -0.4 is 0 Å². The van der Waals surface area contributed by atoms with Crippen LogP contribution in [0.15, 0.2) is 24.3 Å². The Balaban J connectivity index is 1.14. The smallest absolute Gasteiger partial charge is 0.300 e. The molecule has 0 unspecified atom stereocenters. The summed E-state index contributed by atoms with van der Waals surface area (Å²) in [6.45, 7) is 6.01. The van der Waals surface area contributed by atoms with Gasteiger partial charge in [0.25, 0.3) is 0 Å². The number of alkyl halides is 3. The number of rotatable bonds is 4. The van der Waals surface area contributed by atoms with Crippen molar-refractivity contribution in [1.82, 2.24) is 19.7 Å². The van der Waals surface area contributed by atoms with Crippen molar-refractivity contribution >= 4 is 9.84 Å². The summed E-state index contributed by atoms with van der Waals surface area (Å²) in [5.74, 6) is 3.38. The van der Waals surface area contributed by atoms with Crippen molar-refractivity contribution in [3.05, 3.63) is 35.7 Å². The van der Waals surface area contributed by atoms with Gasteiger partial charge in [-0.3, -0.25) is 0 Å². The van der Waals surface area contributed by atoms with Crippen molar-refractivity contribution in [2.45, 2.75) is 63.7 Å². The maximum Gasteiger partial charge on any atom is 0.416 e. The molecule has 0 amide bonds. The van der Waals surface area contributed by atoms with Gasteiger partial charge in [0, 0.05) is 29.0 Å². The Morgan fingerprint density at radius 1 is 1.09 bits per heavy atom. The fourth-order valence-corrected chi connectivity index (χ4v) is 9.29. The summed E-state index contributed by atoms with van der Waals surface area (Å²) in [6, 6.07) is 5.86. The molecule has 35 heavy (non-hydrogen) atoms. The second kappa shape index (κ2) is 7.78. The van der Waals surface area contributed by atoms with Crippen LogP contribution in [0.3, 0.4) is 0 Å². The van der Waals surface area contributed by atoms with Gasteiger partial charge < -0.3 is 4.90 Å². The fourth-order valence-electron chi connectivity index (χ4n) is 6.94. The van der Waals surface area contributed by atoms with E-state index in [2.05, 4.69) is 10.00 Å². The monoisotopic (exact) mass is 508 g/mol. The summed E-state index contributed by atoms with van der Waals surface area (Å²) in [6.07, 6.45) is -0.245. The van der Waals surface area contributed by atoms with Gasteiger partial charge in [0.15, 0.2) is 15.7 Å². The first-order valence-corrected chi connectivity index (χ1v) is 14.4. The molecule has 10 heteroatoms. The lowest BCUT2D eigenvalue weighted by Crippen LogP contribution is -2.55. The molecule has 2 aromatic rings. The summed E-state index contributed by atoms with van der Waals surface area (Å²) >= 11 is 0. The van der Waals surface area contributed by atoms with Gasteiger partial charge in [-0.25, -0.2) is 18.1 Å². The molecule has 6 nitrogen and oxygen atoms in total. The topological polar surface area (TPSA) is 68.1 Å². The van der Waals surface area contributed by atoms with Gasteiger partial charge in [-0.1, -0.05) is 12.1 Å². The minimum atomic E-state index is -4.40. The molecule has 190 valence electrons. The molecule has 1 aromatic heterocycles. The SMILES string of the molecule is CC(C)n1nc(-c2cccc(C(F)(F)F)c2)nc1[C@H]1[C@@H]2C[C@@H](N3CCC4(CC3)CS(=O)(=O)C4)C[C@@H]21. The van der Waals surface area contributed by atoms with Crippen molar-refractivity contribution in [3.63, 3.8) is 0 Å². The number of aromatic nitrogens is 3. The van der Waals surface area contributed by atoms with E-state index in [0.717, 1.165) is 56.7 Å². The van der Waals surface area contributed by atoms with Crippen molar-refractivity contribution in [2.75, 3.05) is 24.6 Å². The van der Waals surface area contributed by atoms with Crippen LogP contribution in [-0.4, -0.2) is 58.7 Å². The number of fused-ring (bicyclic) bond motifs is 1. The molecule has 4 aliphatic rings. The van der Waals surface area contributed by atoms with Crippen LogP contribution in [0, 0.1) is 17.3 Å². The molecule has 2 saturated heterocycles. The standard InChI is InChI=1S/C25H31F3N4O2S/c1-15(2)32-23(29-22(30-32)16-4-3-5-17(10-16)25(26,27)28)21-19-11-18(12-20(19)21)31-8-6-24(7-9-31)13-35(33,34)14-24/h3-5,10,15,18-21H,6-9,11-14H2,1-2H3/t18-,19-,20+,21+. The quantitative estimate of drug-likeness (QED) is 0.606. The summed E-state index contributed by atoms with van der Waals surface area (Å²) in [5, 5.41) is 4.62. The Morgan fingerprint density at radius 3 is 2.31 bits per heavy atom. The van der Waals surface area contributed by atoms with Crippen LogP contribution in [0.2, 0.25) is 0 Å². The normalized spacial score (nSPS) is 31.5. The molecular formula is C25H31F3N4O2S. The molecule has 2 saturated carbocycles. The number of piperidine rings is 1. The van der Waals surface area contributed by atoms with Crippen LogP contribution in [0.1, 0.15) is 62.9 Å². The number of benzene rings is 1. The molecule has 1 aromatic carbocycles. The van der Waals surface area contributed by atoms with Gasteiger partial charge in [-0.15, -0.1) is 0 Å². The summed E-state index contributed by atoms with van der Waals surface area (Å²) < 4.78 is 64.8. The highest BCUT2D eigenvalue weighted by molar-refractivity contribution is 7.92. The number of hydrogen-bond acceptors (Lipinski definition) is 5. The van der Waals surface area contributed by atoms with Gasteiger partial charge in [0.2, 0.25) is 0 Å². The first kappa shape index (κ1) is 23.5. The third-order valence-electron chi connectivity index (χ3n) is 8.74. The molecule has 3 heterocycles. The van der Waals surface area contributed by atoms with Crippen molar-refractivity contribution < 1.29 is 21.6 Å². The van der Waals surface area contributed by atoms with E-state index in [4.69, 9.17) is 4.98 Å². The molecular weight excluding hydrogens is 477 g/mol. The van der Waals surface area contributed by atoms with Crippen LogP contribution in [0.4, 0.5) is 13.2 Å². The molecule has 4 fully saturated rings. The predicted octanol–water partition coefficient (Wildman–Crippen LogP) is 4.55. The van der Waals surface area contributed by atoms with E-state index in [-0.39, 0.29) is 11.5 Å². The van der Waals surface area contributed by atoms with Gasteiger partial charge in [0.1, 0.15) is 5.82 Å². The highest BCUT2D eigenvalue weighted by Gasteiger charge is 2.60. The largest absolute Gasteiger partial charge is 0.416 e. The van der Waals surface area contributed by atoms with E-state index in [1.807, 2.05) is 18.5 Å². The second-order valence-electron chi connectivity index (χ2n) is 11.5. The Labute approximate surface area is 203 Å². The average Bonchev–Trinajstić information content (AvgIpc) is 3.13. The van der Waals surface area contributed by atoms with Crippen molar-refractivity contribution in [1.29, 1.82) is 0 Å². The van der Waals surface area contributed by atoms with Crippen LogP contribution in [0.25, 0.3) is 11.4 Å². The van der Waals surface area contributed by atoms with Crippen LogP contribution in [-0.2, 0) is 16.0 Å². The lowest BCUT2D eigenvalue weighted by molar-refractivity contribution is -0.137. The lowest BCUT2D eigenvalue weighted by Gasteiger charge is -2.48. The zero-order valence-corrected chi connectivity index (χ0v) is 20.8. The average molecular weight is 509 g/mol. The van der Waals surface area contributed by atoms with Gasteiger partial charge in [-0.2, -0.15) is 18.3 Å². The summed E-state index contributed by atoms with van der Waals surface area (Å²) in [7, 11) is -2.79. The molecule has 2 aliphatic heterocycles. The second-order valence-corrected chi connectivity index (χ2v) is 13.5. The Bertz CT molecular complexity index is 1220. The van der Waals surface area contributed by atoms with E-state index in [9.17, 15) is 21.6 Å². The Hall–Kier alpha value is -1.94. The minimum Gasteiger partial charge on any atom is -0.300 e. The predicted molar refractivity (Wildman–Crippen MR) is 125 cm³/mol. The Kier molecular flexibility index (Phi) is 5.21. The lowest BCUT2D eigenvalue weighted by atomic mass is 9.80. The Morgan fingerprint density at radius 2 is 1.74 bits per heavy atom. The number of hydrogen-bond donors (Lipinski definition) is 0.